The fraction of sp³-hybridized carbons (Fsp3) is 0.529. The molecule has 1 unspecified atom stereocenters. The molecule has 0 radical (unpaired) electrons. The maximum absolute atomic E-state index is 12.3. The number of amides is 2. The predicted molar refractivity (Wildman–Crippen MR) is 92.5 cm³/mol. The Hall–Kier alpha value is -1.49. The van der Waals surface area contributed by atoms with Crippen LogP contribution in [-0.4, -0.2) is 35.1 Å². The van der Waals surface area contributed by atoms with Gasteiger partial charge in [0.2, 0.25) is 5.91 Å². The molecule has 0 bridgehead atoms. The highest BCUT2D eigenvalue weighted by Crippen LogP contribution is 2.16. The lowest BCUT2D eigenvalue weighted by Crippen LogP contribution is -2.35. The van der Waals surface area contributed by atoms with Crippen LogP contribution in [0, 0.1) is 0 Å². The molecule has 1 N–H and O–H groups in total. The van der Waals surface area contributed by atoms with Crippen LogP contribution in [0.4, 0.5) is 5.69 Å². The van der Waals surface area contributed by atoms with E-state index in [-0.39, 0.29) is 17.1 Å². The molecule has 22 heavy (non-hydrogen) atoms. The first kappa shape index (κ1) is 16.9. The monoisotopic (exact) mass is 320 g/mol. The van der Waals surface area contributed by atoms with Crippen molar-refractivity contribution < 1.29 is 9.59 Å². The minimum atomic E-state index is -0.0445. The second kappa shape index (κ2) is 8.22. The lowest BCUT2D eigenvalue weighted by Gasteiger charge is -2.26. The fourth-order valence-electron chi connectivity index (χ4n) is 2.55. The van der Waals surface area contributed by atoms with Gasteiger partial charge < -0.3 is 10.2 Å². The molecule has 1 aromatic rings. The predicted octanol–water partition coefficient (Wildman–Crippen LogP) is 3.35. The Bertz CT molecular complexity index is 510. The summed E-state index contributed by atoms with van der Waals surface area (Å²) in [6.07, 6.45) is 4.64. The second-order valence-corrected chi connectivity index (χ2v) is 6.47. The van der Waals surface area contributed by atoms with Crippen LogP contribution in [0.1, 0.15) is 49.4 Å². The molecule has 2 rings (SSSR count). The van der Waals surface area contributed by atoms with Gasteiger partial charge in [-0.25, -0.2) is 0 Å². The van der Waals surface area contributed by atoms with E-state index < -0.39 is 0 Å². The Morgan fingerprint density at radius 2 is 1.82 bits per heavy atom. The summed E-state index contributed by atoms with van der Waals surface area (Å²) >= 11 is 4.33. The first-order valence-electron chi connectivity index (χ1n) is 7.97. The molecule has 1 fully saturated rings. The van der Waals surface area contributed by atoms with E-state index >= 15 is 0 Å². The van der Waals surface area contributed by atoms with Crippen molar-refractivity contribution in [2.24, 2.45) is 0 Å². The SMILES string of the molecule is CCC(S)CC(=O)Nc1ccc(C(=O)N2CCCCC2)cc1. The van der Waals surface area contributed by atoms with Crippen molar-refractivity contribution in [3.8, 4) is 0 Å². The van der Waals surface area contributed by atoms with Crippen molar-refractivity contribution in [3.63, 3.8) is 0 Å². The third-order valence-electron chi connectivity index (χ3n) is 3.95. The lowest BCUT2D eigenvalue weighted by atomic mass is 10.1. The highest BCUT2D eigenvalue weighted by molar-refractivity contribution is 7.81. The van der Waals surface area contributed by atoms with Crippen molar-refractivity contribution in [1.82, 2.24) is 4.90 Å². The van der Waals surface area contributed by atoms with E-state index in [0.29, 0.717) is 12.0 Å². The van der Waals surface area contributed by atoms with E-state index in [1.54, 1.807) is 24.3 Å². The van der Waals surface area contributed by atoms with Crippen LogP contribution in [0.15, 0.2) is 24.3 Å². The first-order chi connectivity index (χ1) is 10.6. The van der Waals surface area contributed by atoms with Crippen LogP contribution in [-0.2, 0) is 4.79 Å². The summed E-state index contributed by atoms with van der Waals surface area (Å²) in [6, 6.07) is 7.14. The zero-order valence-electron chi connectivity index (χ0n) is 13.0. The number of thiol groups is 1. The number of anilines is 1. The Labute approximate surface area is 137 Å². The molecule has 4 nitrogen and oxygen atoms in total. The summed E-state index contributed by atoms with van der Waals surface area (Å²) in [6.45, 7) is 3.70. The molecule has 0 aliphatic carbocycles. The van der Waals surface area contributed by atoms with Crippen molar-refractivity contribution in [2.75, 3.05) is 18.4 Å². The lowest BCUT2D eigenvalue weighted by molar-refractivity contribution is -0.116. The fourth-order valence-corrected chi connectivity index (χ4v) is 2.71. The van der Waals surface area contributed by atoms with Gasteiger partial charge in [-0.1, -0.05) is 6.92 Å². The molecule has 1 saturated heterocycles. The molecule has 1 aliphatic rings. The first-order valence-corrected chi connectivity index (χ1v) is 8.49. The molecule has 2 amide bonds. The third kappa shape index (κ3) is 4.77. The Balaban J connectivity index is 1.92. The van der Waals surface area contributed by atoms with Crippen molar-refractivity contribution in [3.05, 3.63) is 29.8 Å². The van der Waals surface area contributed by atoms with E-state index in [1.165, 1.54) is 6.42 Å². The van der Waals surface area contributed by atoms with E-state index in [9.17, 15) is 9.59 Å². The molecule has 0 spiro atoms. The summed E-state index contributed by atoms with van der Waals surface area (Å²) in [7, 11) is 0. The minimum absolute atomic E-state index is 0.0445. The van der Waals surface area contributed by atoms with Crippen molar-refractivity contribution >= 4 is 30.1 Å². The number of nitrogens with zero attached hydrogens (tertiary/aromatic N) is 1. The second-order valence-electron chi connectivity index (χ2n) is 5.74. The van der Waals surface area contributed by atoms with Crippen LogP contribution >= 0.6 is 12.6 Å². The Morgan fingerprint density at radius 1 is 1.18 bits per heavy atom. The van der Waals surface area contributed by atoms with E-state index in [0.717, 1.165) is 38.0 Å². The average molecular weight is 320 g/mol. The van der Waals surface area contributed by atoms with Gasteiger partial charge in [0.05, 0.1) is 0 Å². The Morgan fingerprint density at radius 3 is 2.41 bits per heavy atom. The number of likely N-dealkylation sites (tertiary alicyclic amines) is 1. The smallest absolute Gasteiger partial charge is 0.253 e. The van der Waals surface area contributed by atoms with Crippen molar-refractivity contribution in [2.45, 2.75) is 44.3 Å². The van der Waals surface area contributed by atoms with Gasteiger partial charge in [-0.15, -0.1) is 0 Å². The van der Waals surface area contributed by atoms with Gasteiger partial charge in [0, 0.05) is 36.0 Å². The molecule has 0 saturated carbocycles. The number of carbonyl (C=O) groups is 2. The number of benzene rings is 1. The summed E-state index contributed by atoms with van der Waals surface area (Å²) in [5, 5.41) is 2.92. The Kier molecular flexibility index (Phi) is 6.31. The number of hydrogen-bond acceptors (Lipinski definition) is 3. The normalized spacial score (nSPS) is 16.2. The minimum Gasteiger partial charge on any atom is -0.339 e. The zero-order chi connectivity index (χ0) is 15.9. The van der Waals surface area contributed by atoms with Crippen LogP contribution in [0.2, 0.25) is 0 Å². The summed E-state index contributed by atoms with van der Waals surface area (Å²) in [5.74, 6) is 0.0379. The molecule has 5 heteroatoms. The van der Waals surface area contributed by atoms with E-state index in [2.05, 4.69) is 17.9 Å². The maximum Gasteiger partial charge on any atom is 0.253 e. The average Bonchev–Trinajstić information content (AvgIpc) is 2.55. The largest absolute Gasteiger partial charge is 0.339 e. The van der Waals surface area contributed by atoms with E-state index in [4.69, 9.17) is 0 Å². The maximum atomic E-state index is 12.3. The zero-order valence-corrected chi connectivity index (χ0v) is 13.9. The highest BCUT2D eigenvalue weighted by atomic mass is 32.1. The van der Waals surface area contributed by atoms with Gasteiger partial charge in [-0.05, 0) is 49.9 Å². The van der Waals surface area contributed by atoms with Crippen LogP contribution in [0.5, 0.6) is 0 Å². The van der Waals surface area contributed by atoms with Gasteiger partial charge in [-0.2, -0.15) is 12.6 Å². The number of piperidine rings is 1. The molecule has 1 atom stereocenters. The van der Waals surface area contributed by atoms with Gasteiger partial charge in [0.15, 0.2) is 0 Å². The summed E-state index contributed by atoms with van der Waals surface area (Å²) < 4.78 is 0. The molecule has 120 valence electrons. The van der Waals surface area contributed by atoms with E-state index in [1.807, 2.05) is 11.8 Å². The quantitative estimate of drug-likeness (QED) is 0.818. The molecule has 1 heterocycles. The molecule has 0 aromatic heterocycles. The van der Waals surface area contributed by atoms with Gasteiger partial charge in [0.25, 0.3) is 5.91 Å². The number of nitrogens with one attached hydrogen (secondary N) is 1. The number of rotatable bonds is 5. The topological polar surface area (TPSA) is 49.4 Å². The van der Waals surface area contributed by atoms with Gasteiger partial charge in [0.1, 0.15) is 0 Å². The number of hydrogen-bond donors (Lipinski definition) is 2. The van der Waals surface area contributed by atoms with Crippen LogP contribution in [0.3, 0.4) is 0 Å². The molecular formula is C17H24N2O2S. The molecular weight excluding hydrogens is 296 g/mol. The summed E-state index contributed by atoms with van der Waals surface area (Å²) in [4.78, 5) is 26.1. The van der Waals surface area contributed by atoms with Crippen LogP contribution < -0.4 is 5.32 Å². The van der Waals surface area contributed by atoms with Crippen molar-refractivity contribution in [1.29, 1.82) is 0 Å². The van der Waals surface area contributed by atoms with Gasteiger partial charge >= 0.3 is 0 Å². The number of carbonyl (C=O) groups excluding carboxylic acids is 2. The van der Waals surface area contributed by atoms with Crippen LogP contribution in [0.25, 0.3) is 0 Å². The summed E-state index contributed by atoms with van der Waals surface area (Å²) in [5.41, 5.74) is 1.40. The molecule has 1 aliphatic heterocycles. The molecule has 1 aromatic carbocycles. The van der Waals surface area contributed by atoms with Gasteiger partial charge in [-0.3, -0.25) is 9.59 Å². The standard InChI is InChI=1S/C17H24N2O2S/c1-2-15(22)12-16(20)18-14-8-6-13(7-9-14)17(21)19-10-4-3-5-11-19/h6-9,15,22H,2-5,10-12H2,1H3,(H,18,20). The third-order valence-corrected chi connectivity index (χ3v) is 4.50. The highest BCUT2D eigenvalue weighted by Gasteiger charge is 2.18.